The van der Waals surface area contributed by atoms with Crippen molar-refractivity contribution in [1.82, 2.24) is 0 Å². The van der Waals surface area contributed by atoms with Crippen LogP contribution in [0.3, 0.4) is 0 Å². The Hall–Kier alpha value is -1.06. The lowest BCUT2D eigenvalue weighted by molar-refractivity contribution is -0.149. The standard InChI is InChI=1S/C13H22O4/c1-2-3-4-7-13(9-11(14)15)8-5-6-10(13)12(16)17/h10H,2-9H2,1H3,(H,14,15)(H,16,17). The molecule has 1 aliphatic carbocycles. The van der Waals surface area contributed by atoms with E-state index in [-0.39, 0.29) is 6.42 Å². The van der Waals surface area contributed by atoms with Crippen LogP contribution >= 0.6 is 0 Å². The van der Waals surface area contributed by atoms with Crippen molar-refractivity contribution in [3.63, 3.8) is 0 Å². The number of hydrogen-bond donors (Lipinski definition) is 2. The average Bonchev–Trinajstić information content (AvgIpc) is 2.61. The summed E-state index contributed by atoms with van der Waals surface area (Å²) in [5.41, 5.74) is -0.493. The molecule has 0 bridgehead atoms. The van der Waals surface area contributed by atoms with Crippen LogP contribution in [0, 0.1) is 11.3 Å². The van der Waals surface area contributed by atoms with E-state index in [4.69, 9.17) is 5.11 Å². The van der Waals surface area contributed by atoms with Gasteiger partial charge in [0.1, 0.15) is 0 Å². The number of carbonyl (C=O) groups is 2. The SMILES string of the molecule is CCCCCC1(CC(=O)O)CCCC1C(=O)O. The molecule has 0 saturated heterocycles. The lowest BCUT2D eigenvalue weighted by Gasteiger charge is -2.32. The van der Waals surface area contributed by atoms with Gasteiger partial charge >= 0.3 is 11.9 Å². The minimum absolute atomic E-state index is 0.00762. The molecule has 4 nitrogen and oxygen atoms in total. The number of unbranched alkanes of at least 4 members (excludes halogenated alkanes) is 2. The third kappa shape index (κ3) is 3.45. The molecule has 0 aromatic heterocycles. The van der Waals surface area contributed by atoms with Crippen LogP contribution in [0.2, 0.25) is 0 Å². The first-order chi connectivity index (χ1) is 8.02. The number of rotatable bonds is 7. The van der Waals surface area contributed by atoms with Gasteiger partial charge in [0.15, 0.2) is 0 Å². The molecule has 0 radical (unpaired) electrons. The summed E-state index contributed by atoms with van der Waals surface area (Å²) >= 11 is 0. The van der Waals surface area contributed by atoms with Crippen molar-refractivity contribution in [3.05, 3.63) is 0 Å². The molecule has 98 valence electrons. The molecule has 0 aromatic rings. The van der Waals surface area contributed by atoms with E-state index in [9.17, 15) is 14.7 Å². The Morgan fingerprint density at radius 3 is 2.53 bits per heavy atom. The van der Waals surface area contributed by atoms with Crippen LogP contribution in [0.15, 0.2) is 0 Å². The van der Waals surface area contributed by atoms with Crippen LogP contribution in [0.1, 0.15) is 58.3 Å². The minimum atomic E-state index is -0.866. The van der Waals surface area contributed by atoms with Crippen LogP contribution in [0.5, 0.6) is 0 Å². The van der Waals surface area contributed by atoms with Gasteiger partial charge < -0.3 is 10.2 Å². The quantitative estimate of drug-likeness (QED) is 0.673. The Morgan fingerprint density at radius 1 is 1.29 bits per heavy atom. The molecule has 1 rings (SSSR count). The second-order valence-corrected chi connectivity index (χ2v) is 5.17. The van der Waals surface area contributed by atoms with Crippen molar-refractivity contribution in [1.29, 1.82) is 0 Å². The molecule has 2 atom stereocenters. The summed E-state index contributed by atoms with van der Waals surface area (Å²) < 4.78 is 0. The maximum Gasteiger partial charge on any atom is 0.307 e. The summed E-state index contributed by atoms with van der Waals surface area (Å²) in [7, 11) is 0. The highest BCUT2D eigenvalue weighted by molar-refractivity contribution is 5.74. The Kier molecular flexibility index (Phi) is 4.97. The lowest BCUT2D eigenvalue weighted by Crippen LogP contribution is -2.33. The molecule has 1 saturated carbocycles. The lowest BCUT2D eigenvalue weighted by atomic mass is 9.71. The summed E-state index contributed by atoms with van der Waals surface area (Å²) in [6, 6.07) is 0. The molecule has 2 N–H and O–H groups in total. The number of carboxylic acids is 2. The molecule has 0 aromatic carbocycles. The molecule has 0 spiro atoms. The molecule has 17 heavy (non-hydrogen) atoms. The zero-order valence-corrected chi connectivity index (χ0v) is 10.4. The van der Waals surface area contributed by atoms with Gasteiger partial charge in [0.05, 0.1) is 12.3 Å². The zero-order valence-electron chi connectivity index (χ0n) is 10.4. The van der Waals surface area contributed by atoms with Crippen LogP contribution < -0.4 is 0 Å². The largest absolute Gasteiger partial charge is 0.481 e. The molecule has 0 aliphatic heterocycles. The molecule has 0 amide bonds. The first-order valence-electron chi connectivity index (χ1n) is 6.46. The minimum Gasteiger partial charge on any atom is -0.481 e. The van der Waals surface area contributed by atoms with Crippen LogP contribution in [0.4, 0.5) is 0 Å². The normalized spacial score (nSPS) is 28.2. The van der Waals surface area contributed by atoms with E-state index >= 15 is 0 Å². The highest BCUT2D eigenvalue weighted by Crippen LogP contribution is 2.49. The smallest absolute Gasteiger partial charge is 0.307 e. The highest BCUT2D eigenvalue weighted by atomic mass is 16.4. The number of aliphatic carboxylic acids is 2. The fraction of sp³-hybridized carbons (Fsp3) is 0.846. The van der Waals surface area contributed by atoms with E-state index in [1.807, 2.05) is 0 Å². The maximum absolute atomic E-state index is 11.2. The van der Waals surface area contributed by atoms with Gasteiger partial charge in [0.25, 0.3) is 0 Å². The van der Waals surface area contributed by atoms with Crippen molar-refractivity contribution in [2.24, 2.45) is 11.3 Å². The van der Waals surface area contributed by atoms with E-state index < -0.39 is 23.3 Å². The Morgan fingerprint density at radius 2 is 2.00 bits per heavy atom. The van der Waals surface area contributed by atoms with Crippen molar-refractivity contribution >= 4 is 11.9 Å². The van der Waals surface area contributed by atoms with Gasteiger partial charge in [-0.2, -0.15) is 0 Å². The van der Waals surface area contributed by atoms with E-state index in [0.717, 1.165) is 38.5 Å². The van der Waals surface area contributed by atoms with Crippen LogP contribution in [0.25, 0.3) is 0 Å². The molecule has 1 aliphatic rings. The predicted octanol–water partition coefficient (Wildman–Crippen LogP) is 2.91. The second kappa shape index (κ2) is 6.03. The third-order valence-corrected chi connectivity index (χ3v) is 3.99. The predicted molar refractivity (Wildman–Crippen MR) is 63.8 cm³/mol. The molecule has 4 heteroatoms. The van der Waals surface area contributed by atoms with E-state index in [1.165, 1.54) is 0 Å². The first kappa shape index (κ1) is 14.0. The summed E-state index contributed by atoms with van der Waals surface area (Å²) in [5, 5.41) is 18.2. The molecule has 0 heterocycles. The monoisotopic (exact) mass is 242 g/mol. The van der Waals surface area contributed by atoms with Gasteiger partial charge in [-0.15, -0.1) is 0 Å². The van der Waals surface area contributed by atoms with Gasteiger partial charge in [0.2, 0.25) is 0 Å². The molecular formula is C13H22O4. The number of carboxylic acid groups (broad SMARTS) is 2. The summed E-state index contributed by atoms with van der Waals surface area (Å²) in [6.07, 6.45) is 6.03. The van der Waals surface area contributed by atoms with Gasteiger partial charge in [0, 0.05) is 0 Å². The van der Waals surface area contributed by atoms with E-state index in [0.29, 0.717) is 6.42 Å². The Labute approximate surface area is 102 Å². The summed E-state index contributed by atoms with van der Waals surface area (Å²) in [5.74, 6) is -2.15. The highest BCUT2D eigenvalue weighted by Gasteiger charge is 2.47. The first-order valence-corrected chi connectivity index (χ1v) is 6.46. The van der Waals surface area contributed by atoms with Crippen molar-refractivity contribution < 1.29 is 19.8 Å². The van der Waals surface area contributed by atoms with Crippen molar-refractivity contribution in [2.75, 3.05) is 0 Å². The van der Waals surface area contributed by atoms with Crippen LogP contribution in [-0.2, 0) is 9.59 Å². The fourth-order valence-corrected chi connectivity index (χ4v) is 3.15. The van der Waals surface area contributed by atoms with Gasteiger partial charge in [-0.1, -0.05) is 32.6 Å². The molecule has 2 unspecified atom stereocenters. The summed E-state index contributed by atoms with van der Waals surface area (Å²) in [4.78, 5) is 22.2. The Balaban J connectivity index is 2.76. The third-order valence-electron chi connectivity index (χ3n) is 3.99. The average molecular weight is 242 g/mol. The van der Waals surface area contributed by atoms with Crippen molar-refractivity contribution in [2.45, 2.75) is 58.3 Å². The van der Waals surface area contributed by atoms with Gasteiger partial charge in [-0.05, 0) is 24.7 Å². The number of hydrogen-bond acceptors (Lipinski definition) is 2. The van der Waals surface area contributed by atoms with E-state index in [2.05, 4.69) is 6.92 Å². The maximum atomic E-state index is 11.2. The van der Waals surface area contributed by atoms with Crippen molar-refractivity contribution in [3.8, 4) is 0 Å². The fourth-order valence-electron chi connectivity index (χ4n) is 3.15. The Bertz CT molecular complexity index is 287. The molecular weight excluding hydrogens is 220 g/mol. The zero-order chi connectivity index (χ0) is 12.9. The van der Waals surface area contributed by atoms with E-state index in [1.54, 1.807) is 0 Å². The van der Waals surface area contributed by atoms with Gasteiger partial charge in [-0.25, -0.2) is 0 Å². The summed E-state index contributed by atoms with van der Waals surface area (Å²) in [6.45, 7) is 2.09. The molecule has 1 fully saturated rings. The van der Waals surface area contributed by atoms with Gasteiger partial charge in [-0.3, -0.25) is 9.59 Å². The second-order valence-electron chi connectivity index (χ2n) is 5.17. The van der Waals surface area contributed by atoms with Crippen LogP contribution in [-0.4, -0.2) is 22.2 Å². The topological polar surface area (TPSA) is 74.6 Å².